The van der Waals surface area contributed by atoms with Crippen LogP contribution in [-0.4, -0.2) is 67.1 Å². The van der Waals surface area contributed by atoms with Gasteiger partial charge in [-0.1, -0.05) is 43.2 Å². The summed E-state index contributed by atoms with van der Waals surface area (Å²) in [4.78, 5) is 14.7. The van der Waals surface area contributed by atoms with Crippen molar-refractivity contribution in [3.05, 3.63) is 48.0 Å². The molecule has 2 saturated heterocycles. The summed E-state index contributed by atoms with van der Waals surface area (Å²) in [6.07, 6.45) is 4.05. The van der Waals surface area contributed by atoms with Crippen LogP contribution in [0.15, 0.2) is 42.5 Å². The molecule has 150 valence electrons. The first-order valence-electron chi connectivity index (χ1n) is 10.1. The number of carbonyl (C=O) groups excluding carboxylic acids is 1. The number of fused-ring (bicyclic) bond motifs is 1. The van der Waals surface area contributed by atoms with Gasteiger partial charge in [-0.15, -0.1) is 0 Å². The normalized spacial score (nSPS) is 20.2. The molecule has 0 atom stereocenters. The lowest BCUT2D eigenvalue weighted by Gasteiger charge is -2.36. The predicted octanol–water partition coefficient (Wildman–Crippen LogP) is 2.72. The molecule has 0 aromatic heterocycles. The Labute approximate surface area is 166 Å². The minimum atomic E-state index is -3.42. The molecular weight excluding hydrogens is 374 g/mol. The van der Waals surface area contributed by atoms with Crippen LogP contribution in [-0.2, 0) is 10.2 Å². The van der Waals surface area contributed by atoms with E-state index < -0.39 is 10.2 Å². The van der Waals surface area contributed by atoms with E-state index in [0.717, 1.165) is 36.5 Å². The van der Waals surface area contributed by atoms with Gasteiger partial charge in [0.15, 0.2) is 0 Å². The summed E-state index contributed by atoms with van der Waals surface area (Å²) in [6.45, 7) is 2.80. The van der Waals surface area contributed by atoms with E-state index >= 15 is 0 Å². The molecule has 7 heteroatoms. The van der Waals surface area contributed by atoms with Crippen molar-refractivity contribution in [2.75, 3.05) is 39.3 Å². The van der Waals surface area contributed by atoms with E-state index in [2.05, 4.69) is 0 Å². The van der Waals surface area contributed by atoms with Crippen LogP contribution in [0, 0.1) is 0 Å². The molecule has 2 aromatic carbocycles. The maximum absolute atomic E-state index is 12.9. The molecule has 2 heterocycles. The quantitative estimate of drug-likeness (QED) is 0.795. The Morgan fingerprint density at radius 1 is 0.714 bits per heavy atom. The van der Waals surface area contributed by atoms with Crippen LogP contribution < -0.4 is 0 Å². The summed E-state index contributed by atoms with van der Waals surface area (Å²) in [7, 11) is -3.42. The third-order valence-electron chi connectivity index (χ3n) is 5.74. The van der Waals surface area contributed by atoms with Gasteiger partial charge in [0.2, 0.25) is 0 Å². The minimum absolute atomic E-state index is 0.0300. The monoisotopic (exact) mass is 401 g/mol. The number of amides is 1. The molecule has 0 spiro atoms. The van der Waals surface area contributed by atoms with Gasteiger partial charge in [-0.05, 0) is 35.7 Å². The highest BCUT2D eigenvalue weighted by Gasteiger charge is 2.33. The highest BCUT2D eigenvalue weighted by Crippen LogP contribution is 2.20. The molecule has 0 radical (unpaired) electrons. The van der Waals surface area contributed by atoms with Crippen molar-refractivity contribution in [3.8, 4) is 0 Å². The zero-order valence-corrected chi connectivity index (χ0v) is 16.9. The molecule has 0 saturated carbocycles. The van der Waals surface area contributed by atoms with Gasteiger partial charge in [-0.3, -0.25) is 4.79 Å². The molecule has 0 aliphatic carbocycles. The van der Waals surface area contributed by atoms with Crippen molar-refractivity contribution in [2.24, 2.45) is 0 Å². The van der Waals surface area contributed by atoms with Crippen molar-refractivity contribution >= 4 is 26.9 Å². The first kappa shape index (κ1) is 19.4. The third-order valence-corrected chi connectivity index (χ3v) is 7.78. The van der Waals surface area contributed by atoms with E-state index in [-0.39, 0.29) is 5.91 Å². The fraction of sp³-hybridized carbons (Fsp3) is 0.476. The topological polar surface area (TPSA) is 60.9 Å². The molecule has 2 aliphatic heterocycles. The van der Waals surface area contributed by atoms with E-state index in [1.165, 1.54) is 0 Å². The molecule has 2 fully saturated rings. The predicted molar refractivity (Wildman–Crippen MR) is 110 cm³/mol. The zero-order chi connectivity index (χ0) is 19.6. The Balaban J connectivity index is 1.42. The lowest BCUT2D eigenvalue weighted by atomic mass is 10.1. The van der Waals surface area contributed by atoms with Gasteiger partial charge < -0.3 is 4.90 Å². The third kappa shape index (κ3) is 3.92. The van der Waals surface area contributed by atoms with Gasteiger partial charge in [-0.25, -0.2) is 0 Å². The minimum Gasteiger partial charge on any atom is -0.336 e. The number of rotatable bonds is 3. The fourth-order valence-electron chi connectivity index (χ4n) is 4.06. The average molecular weight is 402 g/mol. The second kappa shape index (κ2) is 8.19. The van der Waals surface area contributed by atoms with Crippen molar-refractivity contribution in [1.29, 1.82) is 0 Å². The first-order chi connectivity index (χ1) is 13.6. The molecule has 0 unspecified atom stereocenters. The van der Waals surface area contributed by atoms with Crippen molar-refractivity contribution in [1.82, 2.24) is 13.5 Å². The SMILES string of the molecule is O=C(c1ccc2ccccc2c1)N1CCN(S(=O)(=O)N2CCCCCC2)CC1. The number of carbonyl (C=O) groups is 1. The number of hydrogen-bond acceptors (Lipinski definition) is 3. The summed E-state index contributed by atoms with van der Waals surface area (Å²) < 4.78 is 29.0. The molecular formula is C21H27N3O3S. The van der Waals surface area contributed by atoms with E-state index in [9.17, 15) is 13.2 Å². The van der Waals surface area contributed by atoms with Crippen LogP contribution in [0.3, 0.4) is 0 Å². The average Bonchev–Trinajstić information content (AvgIpc) is 3.03. The molecule has 2 aromatic rings. The van der Waals surface area contributed by atoms with Gasteiger partial charge in [0.1, 0.15) is 0 Å². The van der Waals surface area contributed by atoms with E-state index in [0.29, 0.717) is 44.8 Å². The lowest BCUT2D eigenvalue weighted by molar-refractivity contribution is 0.0694. The van der Waals surface area contributed by atoms with Gasteiger partial charge >= 0.3 is 0 Å². The van der Waals surface area contributed by atoms with Gasteiger partial charge in [-0.2, -0.15) is 17.0 Å². The van der Waals surface area contributed by atoms with Crippen molar-refractivity contribution in [2.45, 2.75) is 25.7 Å². The Morgan fingerprint density at radius 3 is 2.00 bits per heavy atom. The van der Waals surface area contributed by atoms with Gasteiger partial charge in [0, 0.05) is 44.8 Å². The summed E-state index contributed by atoms with van der Waals surface area (Å²) in [5.74, 6) is -0.0300. The van der Waals surface area contributed by atoms with Crippen LogP contribution in [0.25, 0.3) is 10.8 Å². The van der Waals surface area contributed by atoms with Crippen LogP contribution in [0.5, 0.6) is 0 Å². The molecule has 1 amide bonds. The van der Waals surface area contributed by atoms with E-state index in [4.69, 9.17) is 0 Å². The first-order valence-corrected chi connectivity index (χ1v) is 11.5. The number of piperazine rings is 1. The summed E-state index contributed by atoms with van der Waals surface area (Å²) >= 11 is 0. The molecule has 4 rings (SSSR count). The van der Waals surface area contributed by atoms with E-state index in [1.54, 1.807) is 13.5 Å². The molecule has 0 bridgehead atoms. The Kier molecular flexibility index (Phi) is 5.66. The summed E-state index contributed by atoms with van der Waals surface area (Å²) in [6, 6.07) is 13.7. The Hall–Kier alpha value is -1.96. The number of hydrogen-bond donors (Lipinski definition) is 0. The second-order valence-electron chi connectivity index (χ2n) is 7.57. The zero-order valence-electron chi connectivity index (χ0n) is 16.1. The van der Waals surface area contributed by atoms with Crippen molar-refractivity contribution in [3.63, 3.8) is 0 Å². The van der Waals surface area contributed by atoms with Crippen LogP contribution >= 0.6 is 0 Å². The summed E-state index contributed by atoms with van der Waals surface area (Å²) in [5.41, 5.74) is 0.655. The van der Waals surface area contributed by atoms with Crippen LogP contribution in [0.4, 0.5) is 0 Å². The Morgan fingerprint density at radius 2 is 1.32 bits per heavy atom. The largest absolute Gasteiger partial charge is 0.336 e. The summed E-state index contributed by atoms with van der Waals surface area (Å²) in [5, 5.41) is 2.14. The van der Waals surface area contributed by atoms with Gasteiger partial charge in [0.25, 0.3) is 16.1 Å². The highest BCUT2D eigenvalue weighted by atomic mass is 32.2. The number of benzene rings is 2. The van der Waals surface area contributed by atoms with Crippen molar-refractivity contribution < 1.29 is 13.2 Å². The van der Waals surface area contributed by atoms with Crippen LogP contribution in [0.1, 0.15) is 36.0 Å². The maximum atomic E-state index is 12.9. The molecule has 6 nitrogen and oxygen atoms in total. The molecule has 2 aliphatic rings. The smallest absolute Gasteiger partial charge is 0.282 e. The van der Waals surface area contributed by atoms with Gasteiger partial charge in [0.05, 0.1) is 0 Å². The van der Waals surface area contributed by atoms with Crippen LogP contribution in [0.2, 0.25) is 0 Å². The number of nitrogens with zero attached hydrogens (tertiary/aromatic N) is 3. The standard InChI is InChI=1S/C21H27N3O3S/c25-21(20-10-9-18-7-3-4-8-19(18)17-20)22-13-15-24(16-14-22)28(26,27)23-11-5-1-2-6-12-23/h3-4,7-10,17H,1-2,5-6,11-16H2. The fourth-order valence-corrected chi connectivity index (χ4v) is 5.73. The molecule has 28 heavy (non-hydrogen) atoms. The van der Waals surface area contributed by atoms with E-state index in [1.807, 2.05) is 42.5 Å². The highest BCUT2D eigenvalue weighted by molar-refractivity contribution is 7.86. The lowest BCUT2D eigenvalue weighted by Crippen LogP contribution is -2.54. The molecule has 0 N–H and O–H groups in total. The second-order valence-corrected chi connectivity index (χ2v) is 9.50. The maximum Gasteiger partial charge on any atom is 0.282 e. The Bertz CT molecular complexity index is 944.